The van der Waals surface area contributed by atoms with Crippen molar-refractivity contribution in [2.75, 3.05) is 13.1 Å². The van der Waals surface area contributed by atoms with Crippen LogP contribution in [0.1, 0.15) is 17.0 Å². The van der Waals surface area contributed by atoms with Gasteiger partial charge in [0.15, 0.2) is 11.6 Å². The van der Waals surface area contributed by atoms with Crippen LogP contribution in [0.4, 0.5) is 13.2 Å². The fourth-order valence-corrected chi connectivity index (χ4v) is 3.12. The smallest absolute Gasteiger partial charge is 0.161 e. The Morgan fingerprint density at radius 3 is 2.39 bits per heavy atom. The van der Waals surface area contributed by atoms with Crippen molar-refractivity contribution >= 4 is 0 Å². The molecule has 0 saturated carbocycles. The zero-order valence-electron chi connectivity index (χ0n) is 12.3. The number of halogens is 3. The van der Waals surface area contributed by atoms with Gasteiger partial charge in [-0.3, -0.25) is 4.90 Å². The molecule has 122 valence electrons. The Balaban J connectivity index is 1.81. The molecule has 1 saturated heterocycles. The van der Waals surface area contributed by atoms with Crippen LogP contribution in [0.15, 0.2) is 42.5 Å². The Labute approximate surface area is 132 Å². The number of rotatable bonds is 4. The van der Waals surface area contributed by atoms with Gasteiger partial charge in [0, 0.05) is 31.6 Å². The van der Waals surface area contributed by atoms with E-state index in [4.69, 9.17) is 0 Å². The van der Waals surface area contributed by atoms with Crippen LogP contribution in [-0.4, -0.2) is 29.2 Å². The van der Waals surface area contributed by atoms with Gasteiger partial charge in [0.25, 0.3) is 0 Å². The first-order valence-electron chi connectivity index (χ1n) is 7.39. The first kappa shape index (κ1) is 16.0. The van der Waals surface area contributed by atoms with E-state index in [0.717, 1.165) is 11.6 Å². The van der Waals surface area contributed by atoms with Crippen LogP contribution in [0.5, 0.6) is 0 Å². The average molecular weight is 322 g/mol. The number of hydroxylamine groups is 1. The molecule has 2 aromatic rings. The third-order valence-corrected chi connectivity index (χ3v) is 4.25. The van der Waals surface area contributed by atoms with Crippen LogP contribution in [0.2, 0.25) is 0 Å². The van der Waals surface area contributed by atoms with Crippen molar-refractivity contribution in [3.63, 3.8) is 0 Å². The van der Waals surface area contributed by atoms with Crippen molar-refractivity contribution < 1.29 is 18.4 Å². The summed E-state index contributed by atoms with van der Waals surface area (Å²) in [5.74, 6) is -3.55. The molecule has 0 radical (unpaired) electrons. The quantitative estimate of drug-likeness (QED) is 0.671. The second-order valence-electron chi connectivity index (χ2n) is 5.81. The predicted molar refractivity (Wildman–Crippen MR) is 79.5 cm³/mol. The minimum Gasteiger partial charge on any atom is -0.316 e. The van der Waals surface area contributed by atoms with E-state index in [2.05, 4.69) is 5.48 Å². The van der Waals surface area contributed by atoms with E-state index >= 15 is 0 Å². The molecule has 1 fully saturated rings. The molecule has 0 aromatic heterocycles. The molecule has 2 atom stereocenters. The normalized spacial score (nSPS) is 21.7. The highest BCUT2D eigenvalue weighted by Crippen LogP contribution is 2.31. The van der Waals surface area contributed by atoms with E-state index in [1.807, 2.05) is 35.2 Å². The summed E-state index contributed by atoms with van der Waals surface area (Å²) in [6.07, 6.45) is 0. The molecule has 0 unspecified atom stereocenters. The summed E-state index contributed by atoms with van der Waals surface area (Å²) in [5.41, 5.74) is 3.33. The third-order valence-electron chi connectivity index (χ3n) is 4.25. The van der Waals surface area contributed by atoms with Gasteiger partial charge in [0.2, 0.25) is 0 Å². The van der Waals surface area contributed by atoms with Gasteiger partial charge in [-0.25, -0.2) is 18.7 Å². The fraction of sp³-hybridized carbons (Fsp3) is 0.294. The van der Waals surface area contributed by atoms with Crippen molar-refractivity contribution in [2.24, 2.45) is 0 Å². The molecule has 6 heteroatoms. The van der Waals surface area contributed by atoms with Crippen molar-refractivity contribution in [2.45, 2.75) is 18.5 Å². The topological polar surface area (TPSA) is 35.5 Å². The Bertz CT molecular complexity index is 681. The van der Waals surface area contributed by atoms with Crippen LogP contribution in [0.25, 0.3) is 0 Å². The zero-order chi connectivity index (χ0) is 16.4. The maximum absolute atomic E-state index is 14.0. The minimum atomic E-state index is -1.21. The first-order valence-corrected chi connectivity index (χ1v) is 7.39. The number of nitrogens with zero attached hydrogens (tertiary/aromatic N) is 1. The summed E-state index contributed by atoms with van der Waals surface area (Å²) in [5, 5.41) is 9.33. The molecule has 0 spiro atoms. The van der Waals surface area contributed by atoms with Crippen LogP contribution >= 0.6 is 0 Å². The summed E-state index contributed by atoms with van der Waals surface area (Å²) < 4.78 is 40.6. The monoisotopic (exact) mass is 322 g/mol. The van der Waals surface area contributed by atoms with Crippen molar-refractivity contribution in [3.05, 3.63) is 71.0 Å². The molecule has 23 heavy (non-hydrogen) atoms. The van der Waals surface area contributed by atoms with Crippen molar-refractivity contribution in [1.82, 2.24) is 10.4 Å². The Hall–Kier alpha value is -1.89. The largest absolute Gasteiger partial charge is 0.316 e. The second kappa shape index (κ2) is 6.70. The number of hydrogen-bond acceptors (Lipinski definition) is 3. The number of hydrogen-bond donors (Lipinski definition) is 2. The minimum absolute atomic E-state index is 0.0750. The highest BCUT2D eigenvalue weighted by molar-refractivity contribution is 5.27. The maximum atomic E-state index is 14.0. The molecule has 2 N–H and O–H groups in total. The lowest BCUT2D eigenvalue weighted by atomic mass is 9.94. The molecule has 0 bridgehead atoms. The molecule has 2 aromatic carbocycles. The average Bonchev–Trinajstić information content (AvgIpc) is 2.94. The Morgan fingerprint density at radius 1 is 1.00 bits per heavy atom. The van der Waals surface area contributed by atoms with Gasteiger partial charge in [-0.2, -0.15) is 0 Å². The van der Waals surface area contributed by atoms with E-state index in [1.54, 1.807) is 0 Å². The Kier molecular flexibility index (Phi) is 4.66. The molecule has 1 aliphatic heterocycles. The Morgan fingerprint density at radius 2 is 1.70 bits per heavy atom. The molecule has 0 amide bonds. The van der Waals surface area contributed by atoms with Gasteiger partial charge in [0.1, 0.15) is 5.82 Å². The zero-order valence-corrected chi connectivity index (χ0v) is 12.3. The van der Waals surface area contributed by atoms with Crippen LogP contribution in [0, 0.1) is 17.5 Å². The lowest BCUT2D eigenvalue weighted by molar-refractivity contribution is 0.121. The summed E-state index contributed by atoms with van der Waals surface area (Å²) in [6.45, 7) is 1.56. The standard InChI is InChI=1S/C17H17F3N2O/c18-14-7-16(20)15(19)6-12(14)13-9-22(10-17(13)21-23)8-11-4-2-1-3-5-11/h1-7,13,17,21,23H,8-10H2/t13-,17+/m1/s1. The van der Waals surface area contributed by atoms with Crippen LogP contribution < -0.4 is 5.48 Å². The summed E-state index contributed by atoms with van der Waals surface area (Å²) in [7, 11) is 0. The van der Waals surface area contributed by atoms with Gasteiger partial charge in [0.05, 0.1) is 6.04 Å². The van der Waals surface area contributed by atoms with Crippen molar-refractivity contribution in [3.8, 4) is 0 Å². The van der Waals surface area contributed by atoms with E-state index in [0.29, 0.717) is 25.7 Å². The van der Waals surface area contributed by atoms with Gasteiger partial charge in [-0.1, -0.05) is 30.3 Å². The summed E-state index contributed by atoms with van der Waals surface area (Å²) in [6, 6.07) is 10.7. The molecule has 0 aliphatic carbocycles. The lowest BCUT2D eigenvalue weighted by Gasteiger charge is -2.18. The molecule has 3 nitrogen and oxygen atoms in total. The highest BCUT2D eigenvalue weighted by atomic mass is 19.2. The van der Waals surface area contributed by atoms with E-state index < -0.39 is 29.4 Å². The second-order valence-corrected chi connectivity index (χ2v) is 5.81. The van der Waals surface area contributed by atoms with Gasteiger partial charge in [-0.15, -0.1) is 0 Å². The molecule has 1 aliphatic rings. The number of benzene rings is 2. The summed E-state index contributed by atoms with van der Waals surface area (Å²) >= 11 is 0. The molecule has 3 rings (SSSR count). The van der Waals surface area contributed by atoms with Crippen LogP contribution in [0.3, 0.4) is 0 Å². The SMILES string of the molecule is ON[C@H]1CN(Cc2ccccc2)C[C@@H]1c1cc(F)c(F)cc1F. The first-order chi connectivity index (χ1) is 11.1. The van der Waals surface area contributed by atoms with E-state index in [9.17, 15) is 18.4 Å². The molecular formula is C17H17F3N2O. The number of nitrogens with one attached hydrogen (secondary N) is 1. The van der Waals surface area contributed by atoms with Gasteiger partial charge >= 0.3 is 0 Å². The van der Waals surface area contributed by atoms with Crippen LogP contribution in [-0.2, 0) is 6.54 Å². The van der Waals surface area contributed by atoms with Gasteiger partial charge in [-0.05, 0) is 17.2 Å². The van der Waals surface area contributed by atoms with E-state index in [1.165, 1.54) is 0 Å². The number of likely N-dealkylation sites (tertiary alicyclic amines) is 1. The maximum Gasteiger partial charge on any atom is 0.161 e. The highest BCUT2D eigenvalue weighted by Gasteiger charge is 2.35. The van der Waals surface area contributed by atoms with E-state index in [-0.39, 0.29) is 5.56 Å². The predicted octanol–water partition coefficient (Wildman–Crippen LogP) is 3.05. The summed E-state index contributed by atoms with van der Waals surface area (Å²) in [4.78, 5) is 2.04. The van der Waals surface area contributed by atoms with Crippen molar-refractivity contribution in [1.29, 1.82) is 0 Å². The lowest BCUT2D eigenvalue weighted by Crippen LogP contribution is -2.33. The third kappa shape index (κ3) is 3.39. The molecular weight excluding hydrogens is 305 g/mol. The van der Waals surface area contributed by atoms with Gasteiger partial charge < -0.3 is 5.21 Å². The molecule has 1 heterocycles. The fourth-order valence-electron chi connectivity index (χ4n) is 3.12.